The lowest BCUT2D eigenvalue weighted by Gasteiger charge is -2.20. The number of aromatic hydroxyl groups is 2. The maximum atomic E-state index is 12.6. The number of carbonyl (C=O) groups is 1. The van der Waals surface area contributed by atoms with E-state index in [0.29, 0.717) is 30.1 Å². The number of benzene rings is 3. The summed E-state index contributed by atoms with van der Waals surface area (Å²) in [6.07, 6.45) is 3.67. The van der Waals surface area contributed by atoms with Gasteiger partial charge < -0.3 is 34.3 Å². The molecule has 8 heteroatoms. The van der Waals surface area contributed by atoms with E-state index in [4.69, 9.17) is 18.9 Å². The van der Waals surface area contributed by atoms with Crippen LogP contribution >= 0.6 is 0 Å². The van der Waals surface area contributed by atoms with Crippen LogP contribution in [0.1, 0.15) is 40.7 Å². The van der Waals surface area contributed by atoms with Crippen molar-refractivity contribution < 1.29 is 39.1 Å². The van der Waals surface area contributed by atoms with Crippen molar-refractivity contribution in [3.05, 3.63) is 82.9 Å². The van der Waals surface area contributed by atoms with Crippen molar-refractivity contribution in [3.63, 3.8) is 0 Å². The zero-order valence-electron chi connectivity index (χ0n) is 20.7. The van der Waals surface area contributed by atoms with E-state index in [2.05, 4.69) is 0 Å². The van der Waals surface area contributed by atoms with Gasteiger partial charge in [0, 0.05) is 18.2 Å². The third-order valence-corrected chi connectivity index (χ3v) is 6.24. The highest BCUT2D eigenvalue weighted by molar-refractivity contribution is 5.87. The summed E-state index contributed by atoms with van der Waals surface area (Å²) in [5, 5.41) is 28.8. The van der Waals surface area contributed by atoms with E-state index in [1.165, 1.54) is 31.4 Å². The van der Waals surface area contributed by atoms with Crippen LogP contribution in [0.2, 0.25) is 0 Å². The first-order valence-corrected chi connectivity index (χ1v) is 11.9. The SMILES string of the molecule is COc1cc(C2Oc3c(OC)cc(CCCO)cc3C2COC(=O)C=Cc2ccc(O)cc2)ccc1O. The Balaban J connectivity index is 1.62. The van der Waals surface area contributed by atoms with Crippen LogP contribution in [0.3, 0.4) is 0 Å². The third kappa shape index (κ3) is 5.98. The summed E-state index contributed by atoms with van der Waals surface area (Å²) >= 11 is 0. The second kappa shape index (κ2) is 11.7. The average molecular weight is 507 g/mol. The standard InChI is InChI=1S/C29H30O8/c1-34-25-16-20(8-11-24(25)32)28-23(17-36-27(33)12-7-18-5-9-21(31)10-6-18)22-14-19(4-3-13-30)15-26(35-2)29(22)37-28/h5-12,14-16,23,28,30-32H,3-4,13,17H2,1-2H3. The van der Waals surface area contributed by atoms with Gasteiger partial charge in [-0.2, -0.15) is 0 Å². The molecule has 8 nitrogen and oxygen atoms in total. The molecule has 1 aliphatic rings. The number of aryl methyl sites for hydroxylation is 1. The molecule has 3 aromatic carbocycles. The first kappa shape index (κ1) is 25.9. The molecule has 0 fully saturated rings. The summed E-state index contributed by atoms with van der Waals surface area (Å²) in [5.74, 6) is 0.693. The Bertz CT molecular complexity index is 1270. The van der Waals surface area contributed by atoms with Gasteiger partial charge in [-0.25, -0.2) is 4.79 Å². The van der Waals surface area contributed by atoms with Gasteiger partial charge in [-0.3, -0.25) is 0 Å². The van der Waals surface area contributed by atoms with Crippen LogP contribution in [0.15, 0.2) is 60.7 Å². The first-order valence-electron chi connectivity index (χ1n) is 11.9. The quantitative estimate of drug-likeness (QED) is 0.272. The number of rotatable bonds is 10. The van der Waals surface area contributed by atoms with Crippen molar-refractivity contribution >= 4 is 12.0 Å². The molecule has 0 aliphatic carbocycles. The number of esters is 1. The van der Waals surface area contributed by atoms with Gasteiger partial charge in [0.25, 0.3) is 0 Å². The first-order chi connectivity index (χ1) is 17.9. The molecule has 2 atom stereocenters. The predicted molar refractivity (Wildman–Crippen MR) is 137 cm³/mol. The molecule has 1 aliphatic heterocycles. The lowest BCUT2D eigenvalue weighted by atomic mass is 9.90. The number of fused-ring (bicyclic) bond motifs is 1. The molecule has 4 rings (SSSR count). The molecule has 0 amide bonds. The number of carbonyl (C=O) groups excluding carboxylic acids is 1. The molecular formula is C29H30O8. The van der Waals surface area contributed by atoms with Gasteiger partial charge in [-0.15, -0.1) is 0 Å². The van der Waals surface area contributed by atoms with E-state index in [1.54, 1.807) is 37.5 Å². The predicted octanol–water partition coefficient (Wildman–Crippen LogP) is 4.51. The molecule has 37 heavy (non-hydrogen) atoms. The Labute approximate surface area is 215 Å². The Morgan fingerprint density at radius 1 is 1.00 bits per heavy atom. The highest BCUT2D eigenvalue weighted by atomic mass is 16.5. The summed E-state index contributed by atoms with van der Waals surface area (Å²) in [7, 11) is 3.04. The molecule has 0 aromatic heterocycles. The number of phenols is 2. The van der Waals surface area contributed by atoms with E-state index >= 15 is 0 Å². The number of ether oxygens (including phenoxy) is 4. The summed E-state index contributed by atoms with van der Waals surface area (Å²) < 4.78 is 22.9. The second-order valence-corrected chi connectivity index (χ2v) is 8.67. The lowest BCUT2D eigenvalue weighted by molar-refractivity contribution is -0.138. The third-order valence-electron chi connectivity index (χ3n) is 6.24. The van der Waals surface area contributed by atoms with Crippen LogP contribution in [0.5, 0.6) is 28.7 Å². The highest BCUT2D eigenvalue weighted by Crippen LogP contribution is 2.51. The van der Waals surface area contributed by atoms with Crippen LogP contribution in [0.25, 0.3) is 6.08 Å². The Morgan fingerprint density at radius 2 is 1.76 bits per heavy atom. The Hall–Kier alpha value is -4.17. The van der Waals surface area contributed by atoms with E-state index in [9.17, 15) is 20.1 Å². The van der Waals surface area contributed by atoms with Crippen LogP contribution in [0, 0.1) is 0 Å². The minimum atomic E-state index is -0.527. The number of phenolic OH excluding ortho intramolecular Hbond substituents is 2. The Morgan fingerprint density at radius 3 is 2.46 bits per heavy atom. The summed E-state index contributed by atoms with van der Waals surface area (Å²) in [5.41, 5.74) is 3.29. The fourth-order valence-electron chi connectivity index (χ4n) is 4.35. The van der Waals surface area contributed by atoms with Crippen LogP contribution in [0.4, 0.5) is 0 Å². The number of hydrogen-bond acceptors (Lipinski definition) is 8. The van der Waals surface area contributed by atoms with Crippen LogP contribution < -0.4 is 14.2 Å². The zero-order valence-corrected chi connectivity index (χ0v) is 20.7. The Kier molecular flexibility index (Phi) is 8.20. The van der Waals surface area contributed by atoms with Gasteiger partial charge >= 0.3 is 5.97 Å². The van der Waals surface area contributed by atoms with Crippen molar-refractivity contribution in [1.82, 2.24) is 0 Å². The summed E-state index contributed by atoms with van der Waals surface area (Å²) in [4.78, 5) is 12.6. The molecule has 3 N–H and O–H groups in total. The van der Waals surface area contributed by atoms with Gasteiger partial charge in [-0.1, -0.05) is 24.3 Å². The summed E-state index contributed by atoms with van der Waals surface area (Å²) in [6, 6.07) is 15.3. The number of methoxy groups -OCH3 is 2. The van der Waals surface area contributed by atoms with Crippen LogP contribution in [-0.2, 0) is 16.0 Å². The smallest absolute Gasteiger partial charge is 0.330 e. The molecule has 0 radical (unpaired) electrons. The van der Waals surface area contributed by atoms with Crippen molar-refractivity contribution in [2.75, 3.05) is 27.4 Å². The topological polar surface area (TPSA) is 115 Å². The van der Waals surface area contributed by atoms with E-state index < -0.39 is 12.1 Å². The normalized spacial score (nSPS) is 16.3. The van der Waals surface area contributed by atoms with Gasteiger partial charge in [0.2, 0.25) is 0 Å². The van der Waals surface area contributed by atoms with Gasteiger partial charge in [0.05, 0.1) is 20.1 Å². The minimum Gasteiger partial charge on any atom is -0.508 e. The number of aliphatic hydroxyl groups excluding tert-OH is 1. The average Bonchev–Trinajstić information content (AvgIpc) is 3.28. The van der Waals surface area contributed by atoms with Gasteiger partial charge in [0.15, 0.2) is 23.0 Å². The van der Waals surface area contributed by atoms with Crippen molar-refractivity contribution in [2.45, 2.75) is 24.9 Å². The van der Waals surface area contributed by atoms with Crippen LogP contribution in [-0.4, -0.2) is 48.7 Å². The maximum Gasteiger partial charge on any atom is 0.330 e. The molecule has 0 spiro atoms. The molecule has 2 unspecified atom stereocenters. The highest BCUT2D eigenvalue weighted by Gasteiger charge is 2.39. The fraction of sp³-hybridized carbons (Fsp3) is 0.276. The molecule has 0 bridgehead atoms. The van der Waals surface area contributed by atoms with E-state index in [1.807, 2.05) is 12.1 Å². The molecule has 194 valence electrons. The molecule has 3 aromatic rings. The molecule has 0 saturated heterocycles. The molecule has 0 saturated carbocycles. The molecular weight excluding hydrogens is 476 g/mol. The van der Waals surface area contributed by atoms with Gasteiger partial charge in [-0.05, 0) is 65.9 Å². The molecule has 1 heterocycles. The number of hydrogen-bond donors (Lipinski definition) is 3. The number of aliphatic hydroxyl groups is 1. The van der Waals surface area contributed by atoms with E-state index in [0.717, 1.165) is 22.3 Å². The lowest BCUT2D eigenvalue weighted by Crippen LogP contribution is -2.17. The van der Waals surface area contributed by atoms with Crippen molar-refractivity contribution in [3.8, 4) is 28.7 Å². The van der Waals surface area contributed by atoms with E-state index in [-0.39, 0.29) is 30.6 Å². The van der Waals surface area contributed by atoms with Crippen molar-refractivity contribution in [2.24, 2.45) is 0 Å². The van der Waals surface area contributed by atoms with Crippen molar-refractivity contribution in [1.29, 1.82) is 0 Å². The largest absolute Gasteiger partial charge is 0.508 e. The second-order valence-electron chi connectivity index (χ2n) is 8.67. The zero-order chi connectivity index (χ0) is 26.4. The minimum absolute atomic E-state index is 0.00739. The summed E-state index contributed by atoms with van der Waals surface area (Å²) in [6.45, 7) is 0.104. The fourth-order valence-corrected chi connectivity index (χ4v) is 4.35. The monoisotopic (exact) mass is 506 g/mol. The van der Waals surface area contributed by atoms with Gasteiger partial charge in [0.1, 0.15) is 18.5 Å². The maximum absolute atomic E-state index is 12.6.